The number of nitrogens with zero attached hydrogens (tertiary/aromatic N) is 2. The Balaban J connectivity index is 1.89. The highest BCUT2D eigenvalue weighted by atomic mass is 19.1. The summed E-state index contributed by atoms with van der Waals surface area (Å²) in [5, 5.41) is 9.01. The van der Waals surface area contributed by atoms with Gasteiger partial charge in [0.15, 0.2) is 0 Å². The molecular formula is C16H12F2N2O3. The number of hydrogen-bond acceptors (Lipinski definition) is 2. The van der Waals surface area contributed by atoms with Crippen LogP contribution >= 0.6 is 0 Å². The second-order valence-corrected chi connectivity index (χ2v) is 5.07. The molecule has 7 heteroatoms. The first-order chi connectivity index (χ1) is 11.0. The van der Waals surface area contributed by atoms with Crippen molar-refractivity contribution in [2.45, 2.75) is 0 Å². The van der Waals surface area contributed by atoms with Crippen molar-refractivity contribution in [1.29, 1.82) is 0 Å². The fraction of sp³-hybridized carbons (Fsp3) is 0.125. The smallest absolute Gasteiger partial charge is 0.335 e. The molecule has 0 aromatic heterocycles. The Morgan fingerprint density at radius 2 is 1.57 bits per heavy atom. The van der Waals surface area contributed by atoms with Crippen molar-refractivity contribution >= 4 is 23.4 Å². The summed E-state index contributed by atoms with van der Waals surface area (Å²) in [5.41, 5.74) is 0.615. The zero-order valence-electron chi connectivity index (χ0n) is 11.9. The lowest BCUT2D eigenvalue weighted by molar-refractivity contribution is 0.0697. The van der Waals surface area contributed by atoms with Crippen LogP contribution in [0.25, 0.3) is 0 Å². The number of hydrogen-bond donors (Lipinski definition) is 1. The van der Waals surface area contributed by atoms with Crippen molar-refractivity contribution in [3.8, 4) is 0 Å². The molecule has 0 spiro atoms. The van der Waals surface area contributed by atoms with Gasteiger partial charge >= 0.3 is 12.0 Å². The van der Waals surface area contributed by atoms with E-state index in [2.05, 4.69) is 0 Å². The molecule has 1 aliphatic heterocycles. The van der Waals surface area contributed by atoms with Gasteiger partial charge in [-0.1, -0.05) is 6.07 Å². The zero-order chi connectivity index (χ0) is 16.6. The molecule has 1 aliphatic rings. The van der Waals surface area contributed by atoms with E-state index in [-0.39, 0.29) is 17.8 Å². The molecule has 3 rings (SSSR count). The number of carbonyl (C=O) groups excluding carboxylic acids is 1. The molecule has 1 heterocycles. The van der Waals surface area contributed by atoms with Gasteiger partial charge in [-0.15, -0.1) is 0 Å². The number of amides is 2. The number of halogens is 2. The molecule has 0 bridgehead atoms. The SMILES string of the molecule is O=C(O)c1cccc(N2CCN(c3cc(F)cc(F)c3)C2=O)c1. The van der Waals surface area contributed by atoms with E-state index >= 15 is 0 Å². The lowest BCUT2D eigenvalue weighted by atomic mass is 10.2. The number of urea groups is 1. The average Bonchev–Trinajstić information content (AvgIpc) is 2.88. The van der Waals surface area contributed by atoms with Gasteiger partial charge < -0.3 is 5.11 Å². The fourth-order valence-electron chi connectivity index (χ4n) is 2.52. The third-order valence-corrected chi connectivity index (χ3v) is 3.57. The van der Waals surface area contributed by atoms with Gasteiger partial charge in [0.25, 0.3) is 0 Å². The lowest BCUT2D eigenvalue weighted by Crippen LogP contribution is -2.31. The van der Waals surface area contributed by atoms with Gasteiger partial charge in [-0.25, -0.2) is 18.4 Å². The second kappa shape index (κ2) is 5.68. The molecule has 1 N–H and O–H groups in total. The highest BCUT2D eigenvalue weighted by molar-refractivity contribution is 6.06. The molecule has 5 nitrogen and oxygen atoms in total. The number of rotatable bonds is 3. The maximum absolute atomic E-state index is 13.3. The molecule has 0 saturated carbocycles. The Morgan fingerprint density at radius 3 is 2.17 bits per heavy atom. The van der Waals surface area contributed by atoms with Crippen molar-refractivity contribution in [3.05, 3.63) is 59.7 Å². The van der Waals surface area contributed by atoms with Gasteiger partial charge in [0.1, 0.15) is 11.6 Å². The highest BCUT2D eigenvalue weighted by Gasteiger charge is 2.31. The van der Waals surface area contributed by atoms with Crippen LogP contribution in [0, 0.1) is 11.6 Å². The Bertz CT molecular complexity index is 774. The maximum Gasteiger partial charge on any atom is 0.335 e. The van der Waals surface area contributed by atoms with Gasteiger partial charge in [0.05, 0.1) is 11.3 Å². The standard InChI is InChI=1S/C16H12F2N2O3/c17-11-7-12(18)9-14(8-11)20-5-4-19(16(20)23)13-3-1-2-10(6-13)15(21)22/h1-3,6-9H,4-5H2,(H,21,22). The Labute approximate surface area is 130 Å². The summed E-state index contributed by atoms with van der Waals surface area (Å²) in [4.78, 5) is 26.1. The van der Waals surface area contributed by atoms with Crippen LogP contribution in [-0.2, 0) is 0 Å². The maximum atomic E-state index is 13.3. The first-order valence-electron chi connectivity index (χ1n) is 6.84. The minimum Gasteiger partial charge on any atom is -0.478 e. The molecule has 0 radical (unpaired) electrons. The fourth-order valence-corrected chi connectivity index (χ4v) is 2.52. The van der Waals surface area contributed by atoms with Gasteiger partial charge in [0, 0.05) is 24.8 Å². The van der Waals surface area contributed by atoms with E-state index in [1.54, 1.807) is 6.07 Å². The molecule has 0 unspecified atom stereocenters. The summed E-state index contributed by atoms with van der Waals surface area (Å²) in [7, 11) is 0. The molecular weight excluding hydrogens is 306 g/mol. The summed E-state index contributed by atoms with van der Waals surface area (Å²) in [5.74, 6) is -2.62. The van der Waals surface area contributed by atoms with Crippen LogP contribution in [0.15, 0.2) is 42.5 Å². The normalized spacial score (nSPS) is 14.4. The molecule has 1 fully saturated rings. The number of carboxylic acids is 1. The van der Waals surface area contributed by atoms with Crippen molar-refractivity contribution in [2.24, 2.45) is 0 Å². The van der Waals surface area contributed by atoms with Crippen molar-refractivity contribution < 1.29 is 23.5 Å². The summed E-state index contributed by atoms with van der Waals surface area (Å²) >= 11 is 0. The molecule has 2 aromatic carbocycles. The quantitative estimate of drug-likeness (QED) is 0.946. The molecule has 118 valence electrons. The molecule has 0 aliphatic carbocycles. The predicted octanol–water partition coefficient (Wildman–Crippen LogP) is 3.11. The van der Waals surface area contributed by atoms with Gasteiger partial charge in [-0.3, -0.25) is 9.80 Å². The number of benzene rings is 2. The first kappa shape index (κ1) is 15.0. The molecule has 1 saturated heterocycles. The van der Waals surface area contributed by atoms with E-state index in [4.69, 9.17) is 5.11 Å². The zero-order valence-corrected chi connectivity index (χ0v) is 11.9. The monoisotopic (exact) mass is 318 g/mol. The van der Waals surface area contributed by atoms with Gasteiger partial charge in [-0.2, -0.15) is 0 Å². The Hall–Kier alpha value is -2.96. The molecule has 23 heavy (non-hydrogen) atoms. The average molecular weight is 318 g/mol. The van der Waals surface area contributed by atoms with Gasteiger partial charge in [-0.05, 0) is 30.3 Å². The molecule has 2 aromatic rings. The summed E-state index contributed by atoms with van der Waals surface area (Å²) in [6.07, 6.45) is 0. The van der Waals surface area contributed by atoms with E-state index in [0.717, 1.165) is 18.2 Å². The van der Waals surface area contributed by atoms with E-state index in [0.29, 0.717) is 12.2 Å². The number of carbonyl (C=O) groups is 2. The van der Waals surface area contributed by atoms with Crippen LogP contribution in [0.2, 0.25) is 0 Å². The third-order valence-electron chi connectivity index (χ3n) is 3.57. The largest absolute Gasteiger partial charge is 0.478 e. The van der Waals surface area contributed by atoms with E-state index in [9.17, 15) is 18.4 Å². The van der Waals surface area contributed by atoms with Crippen molar-refractivity contribution in [2.75, 3.05) is 22.9 Å². The Kier molecular flexibility index (Phi) is 3.69. The van der Waals surface area contributed by atoms with Crippen LogP contribution in [-0.4, -0.2) is 30.2 Å². The number of aromatic carboxylic acids is 1. The number of anilines is 2. The minimum atomic E-state index is -1.09. The van der Waals surface area contributed by atoms with Crippen LogP contribution < -0.4 is 9.80 Å². The topological polar surface area (TPSA) is 60.9 Å². The van der Waals surface area contributed by atoms with Crippen LogP contribution in [0.3, 0.4) is 0 Å². The predicted molar refractivity (Wildman–Crippen MR) is 79.8 cm³/mol. The third kappa shape index (κ3) is 2.85. The second-order valence-electron chi connectivity index (χ2n) is 5.07. The van der Waals surface area contributed by atoms with Crippen molar-refractivity contribution in [3.63, 3.8) is 0 Å². The lowest BCUT2D eigenvalue weighted by Gasteiger charge is -2.19. The summed E-state index contributed by atoms with van der Waals surface area (Å²) in [6.45, 7) is 0.541. The van der Waals surface area contributed by atoms with Crippen LogP contribution in [0.5, 0.6) is 0 Å². The van der Waals surface area contributed by atoms with E-state index < -0.39 is 23.6 Å². The minimum absolute atomic E-state index is 0.0607. The van der Waals surface area contributed by atoms with E-state index in [1.165, 1.54) is 28.0 Å². The highest BCUT2D eigenvalue weighted by Crippen LogP contribution is 2.26. The molecule has 2 amide bonds. The van der Waals surface area contributed by atoms with Crippen LogP contribution in [0.1, 0.15) is 10.4 Å². The van der Waals surface area contributed by atoms with E-state index in [1.807, 2.05) is 0 Å². The van der Waals surface area contributed by atoms with Gasteiger partial charge in [0.2, 0.25) is 0 Å². The summed E-state index contributed by atoms with van der Waals surface area (Å²) < 4.78 is 26.6. The van der Waals surface area contributed by atoms with Crippen LogP contribution in [0.4, 0.5) is 25.0 Å². The number of carboxylic acid groups (broad SMARTS) is 1. The van der Waals surface area contributed by atoms with Crippen molar-refractivity contribution in [1.82, 2.24) is 0 Å². The Morgan fingerprint density at radius 1 is 0.957 bits per heavy atom. The molecule has 0 atom stereocenters. The summed E-state index contributed by atoms with van der Waals surface area (Å²) in [6, 6.07) is 8.39. The first-order valence-corrected chi connectivity index (χ1v) is 6.84.